The van der Waals surface area contributed by atoms with Crippen LogP contribution in [0.15, 0.2) is 0 Å². The average Bonchev–Trinajstić information content (AvgIpc) is 2.91. The summed E-state index contributed by atoms with van der Waals surface area (Å²) in [6, 6.07) is 0. The number of hydrogen-bond acceptors (Lipinski definition) is 0. The molecule has 0 atom stereocenters. The van der Waals surface area contributed by atoms with E-state index in [-0.39, 0.29) is 0 Å². The zero-order valence-electron chi connectivity index (χ0n) is 26.9. The van der Waals surface area contributed by atoms with Crippen molar-refractivity contribution in [2.24, 2.45) is 0 Å². The Morgan fingerprint density at radius 1 is 0.216 bits per heavy atom. The fourth-order valence-electron chi connectivity index (χ4n) is 5.19. The molecule has 224 valence electrons. The highest BCUT2D eigenvalue weighted by Crippen LogP contribution is 2.46. The first-order valence-corrected chi connectivity index (χ1v) is 24.6. The maximum atomic E-state index is 2.39. The summed E-state index contributed by atoms with van der Waals surface area (Å²) < 4.78 is 0. The SMILES string of the molecule is CCCCP(CCCC)CCCP(CCCP(CCCC)CCCC)CCCP(CCCC)CCCC. The van der Waals surface area contributed by atoms with Crippen LogP contribution in [-0.4, -0.2) is 73.9 Å². The highest BCUT2D eigenvalue weighted by Gasteiger charge is 2.15. The Hall–Kier alpha value is 1.72. The molecule has 0 bridgehead atoms. The topological polar surface area (TPSA) is 0 Å². The second-order valence-electron chi connectivity index (χ2n) is 11.5. The maximum Gasteiger partial charge on any atom is -0.0323 e. The van der Waals surface area contributed by atoms with E-state index in [2.05, 4.69) is 41.5 Å². The standard InChI is InChI=1S/C33H72P4/c1-7-13-22-34(23-14-8-2)28-19-31-37(32-20-29-35(24-15-9-3)25-16-10-4)33-21-30-36(26-17-11-5)27-18-12-6/h7-33H2,1-6H3. The van der Waals surface area contributed by atoms with Gasteiger partial charge in [-0.1, -0.05) is 80.1 Å². The summed E-state index contributed by atoms with van der Waals surface area (Å²) in [4.78, 5) is 0. The Balaban J connectivity index is 4.83. The van der Waals surface area contributed by atoms with E-state index in [0.29, 0.717) is 31.7 Å². The van der Waals surface area contributed by atoms with Gasteiger partial charge in [0.1, 0.15) is 0 Å². The quantitative estimate of drug-likeness (QED) is 0.0728. The Morgan fingerprint density at radius 2 is 0.351 bits per heavy atom. The van der Waals surface area contributed by atoms with E-state index in [4.69, 9.17) is 0 Å². The first-order valence-electron chi connectivity index (χ1n) is 17.0. The summed E-state index contributed by atoms with van der Waals surface area (Å²) in [5, 5.41) is 0. The molecule has 0 aromatic carbocycles. The van der Waals surface area contributed by atoms with E-state index in [1.165, 1.54) is 77.0 Å². The van der Waals surface area contributed by atoms with Gasteiger partial charge in [-0.2, -0.15) is 0 Å². The molecule has 0 aromatic heterocycles. The zero-order chi connectivity index (χ0) is 27.4. The third kappa shape index (κ3) is 25.2. The van der Waals surface area contributed by atoms with Crippen LogP contribution in [-0.2, 0) is 0 Å². The molecule has 0 aliphatic carbocycles. The predicted molar refractivity (Wildman–Crippen MR) is 189 cm³/mol. The summed E-state index contributed by atoms with van der Waals surface area (Å²) >= 11 is 0. The normalized spacial score (nSPS) is 12.2. The molecule has 0 aliphatic heterocycles. The van der Waals surface area contributed by atoms with Gasteiger partial charge in [0.15, 0.2) is 0 Å². The molecule has 0 saturated heterocycles. The summed E-state index contributed by atoms with van der Waals surface area (Å²) in [5.74, 6) is 0. The molecule has 37 heavy (non-hydrogen) atoms. The Bertz CT molecular complexity index is 345. The van der Waals surface area contributed by atoms with Gasteiger partial charge in [-0.15, -0.1) is 31.7 Å². The molecular weight excluding hydrogens is 520 g/mol. The third-order valence-corrected chi connectivity index (χ3v) is 19.2. The van der Waals surface area contributed by atoms with Crippen LogP contribution in [0.5, 0.6) is 0 Å². The van der Waals surface area contributed by atoms with Gasteiger partial charge in [0.05, 0.1) is 0 Å². The van der Waals surface area contributed by atoms with Gasteiger partial charge in [-0.25, -0.2) is 0 Å². The minimum atomic E-state index is 0.301. The van der Waals surface area contributed by atoms with E-state index in [1.807, 2.05) is 0 Å². The van der Waals surface area contributed by atoms with Crippen molar-refractivity contribution in [2.45, 2.75) is 138 Å². The minimum Gasteiger partial charge on any atom is -0.107 e. The summed E-state index contributed by atoms with van der Waals surface area (Å²) in [5.41, 5.74) is 0. The van der Waals surface area contributed by atoms with Gasteiger partial charge in [0, 0.05) is 0 Å². The van der Waals surface area contributed by atoms with Gasteiger partial charge in [-0.3, -0.25) is 0 Å². The fourth-order valence-corrected chi connectivity index (χ4v) is 16.8. The van der Waals surface area contributed by atoms with Crippen molar-refractivity contribution in [1.29, 1.82) is 0 Å². The van der Waals surface area contributed by atoms with Gasteiger partial charge < -0.3 is 0 Å². The highest BCUT2D eigenvalue weighted by molar-refractivity contribution is 7.59. The van der Waals surface area contributed by atoms with E-state index >= 15 is 0 Å². The summed E-state index contributed by atoms with van der Waals surface area (Å²) in [6.45, 7) is 14.3. The first-order chi connectivity index (χ1) is 18.1. The van der Waals surface area contributed by atoms with Crippen molar-refractivity contribution in [2.75, 3.05) is 73.9 Å². The summed E-state index contributed by atoms with van der Waals surface area (Å²) in [6.07, 6.45) is 41.2. The van der Waals surface area contributed by atoms with Gasteiger partial charge in [0.25, 0.3) is 0 Å². The molecule has 4 heteroatoms. The van der Waals surface area contributed by atoms with E-state index < -0.39 is 0 Å². The van der Waals surface area contributed by atoms with Crippen molar-refractivity contribution >= 4 is 31.7 Å². The lowest BCUT2D eigenvalue weighted by Crippen LogP contribution is -2.04. The van der Waals surface area contributed by atoms with Crippen LogP contribution in [0.3, 0.4) is 0 Å². The summed E-state index contributed by atoms with van der Waals surface area (Å²) in [7, 11) is 1.32. The Morgan fingerprint density at radius 3 is 0.486 bits per heavy atom. The highest BCUT2D eigenvalue weighted by atomic mass is 31.1. The van der Waals surface area contributed by atoms with E-state index in [0.717, 1.165) is 0 Å². The monoisotopic (exact) mass is 592 g/mol. The van der Waals surface area contributed by atoms with Crippen LogP contribution in [0.1, 0.15) is 138 Å². The van der Waals surface area contributed by atoms with Crippen LogP contribution < -0.4 is 0 Å². The molecular formula is C33H72P4. The number of unbranched alkanes of at least 4 members (excludes halogenated alkanes) is 6. The molecule has 0 N–H and O–H groups in total. The van der Waals surface area contributed by atoms with Gasteiger partial charge in [-0.05, 0) is 132 Å². The van der Waals surface area contributed by atoms with E-state index in [9.17, 15) is 0 Å². The molecule has 0 amide bonds. The Kier molecular flexibility index (Phi) is 32.1. The smallest absolute Gasteiger partial charge is 0.0323 e. The van der Waals surface area contributed by atoms with Crippen LogP contribution in [0.25, 0.3) is 0 Å². The fraction of sp³-hybridized carbons (Fsp3) is 1.00. The van der Waals surface area contributed by atoms with Crippen LogP contribution in [0.2, 0.25) is 0 Å². The lowest BCUT2D eigenvalue weighted by atomic mass is 10.4. The van der Waals surface area contributed by atoms with Crippen molar-refractivity contribution < 1.29 is 0 Å². The van der Waals surface area contributed by atoms with Crippen LogP contribution in [0.4, 0.5) is 0 Å². The second-order valence-corrected chi connectivity index (χ2v) is 22.3. The van der Waals surface area contributed by atoms with Crippen molar-refractivity contribution in [1.82, 2.24) is 0 Å². The van der Waals surface area contributed by atoms with Crippen LogP contribution in [0, 0.1) is 0 Å². The molecule has 0 saturated carbocycles. The minimum absolute atomic E-state index is 0.301. The largest absolute Gasteiger partial charge is 0.107 e. The molecule has 0 rings (SSSR count). The average molecular weight is 593 g/mol. The molecule has 0 spiro atoms. The predicted octanol–water partition coefficient (Wildman–Crippen LogP) is 12.9. The molecule has 0 aliphatic rings. The van der Waals surface area contributed by atoms with Crippen molar-refractivity contribution in [3.05, 3.63) is 0 Å². The van der Waals surface area contributed by atoms with Gasteiger partial charge >= 0.3 is 0 Å². The van der Waals surface area contributed by atoms with Gasteiger partial charge in [0.2, 0.25) is 0 Å². The lowest BCUT2D eigenvalue weighted by Gasteiger charge is -2.24. The zero-order valence-corrected chi connectivity index (χ0v) is 30.5. The molecule has 0 fully saturated rings. The molecule has 0 radical (unpaired) electrons. The van der Waals surface area contributed by atoms with Crippen molar-refractivity contribution in [3.63, 3.8) is 0 Å². The Labute approximate surface area is 242 Å². The number of rotatable bonds is 30. The first kappa shape index (κ1) is 38.7. The van der Waals surface area contributed by atoms with Crippen molar-refractivity contribution in [3.8, 4) is 0 Å². The molecule has 0 heterocycles. The lowest BCUT2D eigenvalue weighted by molar-refractivity contribution is 0.861. The molecule has 0 aromatic rings. The van der Waals surface area contributed by atoms with Crippen LogP contribution >= 0.6 is 31.7 Å². The van der Waals surface area contributed by atoms with E-state index in [1.54, 1.807) is 93.2 Å². The molecule has 0 nitrogen and oxygen atoms in total. The maximum absolute atomic E-state index is 2.39. The number of hydrogen-bond donors (Lipinski definition) is 0. The molecule has 0 unspecified atom stereocenters. The third-order valence-electron chi connectivity index (χ3n) is 7.81. The second kappa shape index (κ2) is 30.7.